The molecule has 0 aromatic heterocycles. The lowest BCUT2D eigenvalue weighted by Gasteiger charge is -2.27. The first kappa shape index (κ1) is 8.97. The highest BCUT2D eigenvalue weighted by Crippen LogP contribution is 2.34. The Hall–Kier alpha value is -0.600. The molecular weight excluding hydrogens is 169 g/mol. The summed E-state index contributed by atoms with van der Waals surface area (Å²) in [5.41, 5.74) is 0. The number of nitrogens with one attached hydrogen (secondary N) is 1. The summed E-state index contributed by atoms with van der Waals surface area (Å²) in [6.45, 7) is 0.560. The van der Waals surface area contributed by atoms with Gasteiger partial charge in [-0.05, 0) is 18.8 Å². The minimum absolute atomic E-state index is 0.0344. The van der Waals surface area contributed by atoms with E-state index in [2.05, 4.69) is 5.32 Å². The van der Waals surface area contributed by atoms with Crippen molar-refractivity contribution in [1.29, 1.82) is 0 Å². The zero-order chi connectivity index (χ0) is 9.26. The molecule has 1 saturated heterocycles. The summed E-state index contributed by atoms with van der Waals surface area (Å²) in [4.78, 5) is 10.9. The molecule has 2 atom stereocenters. The Morgan fingerprint density at radius 2 is 1.92 bits per heavy atom. The van der Waals surface area contributed by atoms with E-state index in [0.29, 0.717) is 12.5 Å². The van der Waals surface area contributed by atoms with Crippen LogP contribution in [0, 0.1) is 11.8 Å². The van der Waals surface area contributed by atoms with Gasteiger partial charge in [-0.25, -0.2) is 4.39 Å². The zero-order valence-electron chi connectivity index (χ0n) is 7.76. The van der Waals surface area contributed by atoms with E-state index in [1.54, 1.807) is 0 Å². The van der Waals surface area contributed by atoms with Gasteiger partial charge >= 0.3 is 0 Å². The molecule has 1 saturated carbocycles. The molecule has 1 N–H and O–H groups in total. The van der Waals surface area contributed by atoms with Crippen molar-refractivity contribution >= 4 is 5.91 Å². The minimum Gasteiger partial charge on any atom is -0.353 e. The number of alkyl halides is 1. The predicted molar refractivity (Wildman–Crippen MR) is 48.0 cm³/mol. The maximum absolute atomic E-state index is 13.4. The highest BCUT2D eigenvalue weighted by Gasteiger charge is 2.39. The standard InChI is InChI=1S/C10H16FNO/c11-9-8(6-12-10(9)13)7-4-2-1-3-5-7/h7-9H,1-6H2,(H,12,13)/t8-,9-/m0/s1. The van der Waals surface area contributed by atoms with Crippen LogP contribution in [0.1, 0.15) is 32.1 Å². The first-order valence-electron chi connectivity index (χ1n) is 5.21. The Labute approximate surface area is 77.9 Å². The zero-order valence-corrected chi connectivity index (χ0v) is 7.76. The van der Waals surface area contributed by atoms with Gasteiger partial charge in [-0.3, -0.25) is 4.79 Å². The van der Waals surface area contributed by atoms with Crippen molar-refractivity contribution in [1.82, 2.24) is 5.32 Å². The molecule has 2 rings (SSSR count). The van der Waals surface area contributed by atoms with E-state index in [1.165, 1.54) is 19.3 Å². The fourth-order valence-corrected chi connectivity index (χ4v) is 2.58. The van der Waals surface area contributed by atoms with Gasteiger partial charge in [0, 0.05) is 12.5 Å². The molecule has 2 nitrogen and oxygen atoms in total. The van der Waals surface area contributed by atoms with Crippen LogP contribution in [0.4, 0.5) is 4.39 Å². The molecule has 1 amide bonds. The van der Waals surface area contributed by atoms with Crippen LogP contribution in [-0.4, -0.2) is 18.6 Å². The Morgan fingerprint density at radius 1 is 1.23 bits per heavy atom. The van der Waals surface area contributed by atoms with Crippen molar-refractivity contribution in [2.45, 2.75) is 38.3 Å². The third kappa shape index (κ3) is 1.69. The highest BCUT2D eigenvalue weighted by atomic mass is 19.1. The van der Waals surface area contributed by atoms with E-state index in [9.17, 15) is 9.18 Å². The molecule has 3 heteroatoms. The first-order valence-corrected chi connectivity index (χ1v) is 5.21. The maximum Gasteiger partial charge on any atom is 0.254 e. The van der Waals surface area contributed by atoms with Gasteiger partial charge in [0.2, 0.25) is 0 Å². The number of amides is 1. The first-order chi connectivity index (χ1) is 6.29. The Morgan fingerprint density at radius 3 is 2.46 bits per heavy atom. The fourth-order valence-electron chi connectivity index (χ4n) is 2.58. The number of rotatable bonds is 1. The average molecular weight is 185 g/mol. The SMILES string of the molecule is O=C1NC[C@@H](C2CCCCC2)[C@@H]1F. The van der Waals surface area contributed by atoms with Gasteiger partial charge in [0.1, 0.15) is 0 Å². The minimum atomic E-state index is -1.23. The number of hydrogen-bond acceptors (Lipinski definition) is 1. The summed E-state index contributed by atoms with van der Waals surface area (Å²) in [5, 5.41) is 2.60. The lowest BCUT2D eigenvalue weighted by atomic mass is 9.79. The van der Waals surface area contributed by atoms with E-state index < -0.39 is 12.1 Å². The Balaban J connectivity index is 1.95. The molecule has 2 aliphatic rings. The van der Waals surface area contributed by atoms with E-state index in [1.807, 2.05) is 0 Å². The van der Waals surface area contributed by atoms with Crippen molar-refractivity contribution in [2.24, 2.45) is 11.8 Å². The summed E-state index contributed by atoms with van der Waals surface area (Å²) >= 11 is 0. The molecular formula is C10H16FNO. The van der Waals surface area contributed by atoms with Crippen LogP contribution in [0.5, 0.6) is 0 Å². The van der Waals surface area contributed by atoms with Gasteiger partial charge in [-0.15, -0.1) is 0 Å². The second-order valence-electron chi connectivity index (χ2n) is 4.21. The third-order valence-electron chi connectivity index (χ3n) is 3.39. The predicted octanol–water partition coefficient (Wildman–Crippen LogP) is 1.65. The molecule has 0 unspecified atom stereocenters. The fraction of sp³-hybridized carbons (Fsp3) is 0.900. The average Bonchev–Trinajstić information content (AvgIpc) is 2.49. The largest absolute Gasteiger partial charge is 0.353 e. The summed E-state index contributed by atoms with van der Waals surface area (Å²) in [7, 11) is 0. The molecule has 0 aromatic carbocycles. The quantitative estimate of drug-likeness (QED) is 0.661. The highest BCUT2D eigenvalue weighted by molar-refractivity contribution is 5.83. The van der Waals surface area contributed by atoms with Crippen molar-refractivity contribution < 1.29 is 9.18 Å². The molecule has 74 valence electrons. The maximum atomic E-state index is 13.4. The van der Waals surface area contributed by atoms with Gasteiger partial charge in [0.15, 0.2) is 6.17 Å². The van der Waals surface area contributed by atoms with E-state index in [-0.39, 0.29) is 5.92 Å². The lowest BCUT2D eigenvalue weighted by molar-refractivity contribution is -0.124. The number of carbonyl (C=O) groups is 1. The van der Waals surface area contributed by atoms with Gasteiger partial charge in [0.25, 0.3) is 5.91 Å². The molecule has 2 fully saturated rings. The molecule has 1 heterocycles. The van der Waals surface area contributed by atoms with Crippen molar-refractivity contribution in [3.63, 3.8) is 0 Å². The number of halogens is 1. The van der Waals surface area contributed by atoms with Crippen LogP contribution in [0.15, 0.2) is 0 Å². The molecule has 1 aliphatic carbocycles. The van der Waals surface area contributed by atoms with Crippen molar-refractivity contribution in [3.8, 4) is 0 Å². The van der Waals surface area contributed by atoms with Gasteiger partial charge in [-0.1, -0.05) is 19.3 Å². The lowest BCUT2D eigenvalue weighted by Crippen LogP contribution is -2.26. The van der Waals surface area contributed by atoms with Crippen LogP contribution >= 0.6 is 0 Å². The van der Waals surface area contributed by atoms with Gasteiger partial charge in [0.05, 0.1) is 0 Å². The van der Waals surface area contributed by atoms with Crippen LogP contribution in [-0.2, 0) is 4.79 Å². The molecule has 1 aliphatic heterocycles. The topological polar surface area (TPSA) is 29.1 Å². The van der Waals surface area contributed by atoms with E-state index >= 15 is 0 Å². The smallest absolute Gasteiger partial charge is 0.254 e. The van der Waals surface area contributed by atoms with Crippen LogP contribution in [0.25, 0.3) is 0 Å². The number of hydrogen-bond donors (Lipinski definition) is 1. The normalized spacial score (nSPS) is 36.2. The van der Waals surface area contributed by atoms with Gasteiger partial charge < -0.3 is 5.32 Å². The molecule has 0 spiro atoms. The monoisotopic (exact) mass is 185 g/mol. The third-order valence-corrected chi connectivity index (χ3v) is 3.39. The van der Waals surface area contributed by atoms with Crippen LogP contribution < -0.4 is 5.32 Å². The number of carbonyl (C=O) groups excluding carboxylic acids is 1. The second kappa shape index (κ2) is 3.64. The van der Waals surface area contributed by atoms with Crippen molar-refractivity contribution in [3.05, 3.63) is 0 Å². The molecule has 0 radical (unpaired) electrons. The molecule has 13 heavy (non-hydrogen) atoms. The summed E-state index contributed by atoms with van der Waals surface area (Å²) in [5.74, 6) is 0.0195. The summed E-state index contributed by atoms with van der Waals surface area (Å²) < 4.78 is 13.4. The van der Waals surface area contributed by atoms with E-state index in [0.717, 1.165) is 12.8 Å². The second-order valence-corrected chi connectivity index (χ2v) is 4.21. The summed E-state index contributed by atoms with van der Waals surface area (Å²) in [6, 6.07) is 0. The Bertz CT molecular complexity index is 201. The summed E-state index contributed by atoms with van der Waals surface area (Å²) in [6.07, 6.45) is 4.69. The Kier molecular flexibility index (Phi) is 2.51. The van der Waals surface area contributed by atoms with E-state index in [4.69, 9.17) is 0 Å². The van der Waals surface area contributed by atoms with Gasteiger partial charge in [-0.2, -0.15) is 0 Å². The molecule has 0 bridgehead atoms. The molecule has 0 aromatic rings. The van der Waals surface area contributed by atoms with Crippen LogP contribution in [0.3, 0.4) is 0 Å². The van der Waals surface area contributed by atoms with Crippen LogP contribution in [0.2, 0.25) is 0 Å². The van der Waals surface area contributed by atoms with Crippen molar-refractivity contribution in [2.75, 3.05) is 6.54 Å².